The van der Waals surface area contributed by atoms with E-state index in [2.05, 4.69) is 24.1 Å². The van der Waals surface area contributed by atoms with Crippen LogP contribution in [0.4, 0.5) is 0 Å². The molecular formula is C15H23N3O. The van der Waals surface area contributed by atoms with Gasteiger partial charge in [0.1, 0.15) is 0 Å². The Morgan fingerprint density at radius 1 is 1.58 bits per heavy atom. The van der Waals surface area contributed by atoms with E-state index in [0.717, 1.165) is 37.3 Å². The second-order valence-electron chi connectivity index (χ2n) is 5.32. The van der Waals surface area contributed by atoms with E-state index >= 15 is 0 Å². The van der Waals surface area contributed by atoms with Crippen LogP contribution in [0.2, 0.25) is 0 Å². The largest absolute Gasteiger partial charge is 0.338 e. The first-order valence-electron chi connectivity index (χ1n) is 7.07. The van der Waals surface area contributed by atoms with Crippen molar-refractivity contribution in [3.63, 3.8) is 0 Å². The molecule has 1 aromatic heterocycles. The van der Waals surface area contributed by atoms with Crippen molar-refractivity contribution in [2.24, 2.45) is 5.92 Å². The van der Waals surface area contributed by atoms with Crippen molar-refractivity contribution in [2.75, 3.05) is 19.6 Å². The fourth-order valence-corrected chi connectivity index (χ4v) is 2.78. The monoisotopic (exact) mass is 261 g/mol. The third kappa shape index (κ3) is 3.13. The lowest BCUT2D eigenvalue weighted by Crippen LogP contribution is -2.50. The van der Waals surface area contributed by atoms with Crippen LogP contribution < -0.4 is 5.32 Å². The molecule has 1 aromatic rings. The number of carbonyl (C=O) groups excluding carboxylic acids is 1. The Morgan fingerprint density at radius 2 is 2.37 bits per heavy atom. The Labute approximate surface area is 115 Å². The first kappa shape index (κ1) is 14.0. The summed E-state index contributed by atoms with van der Waals surface area (Å²) < 4.78 is 0. The van der Waals surface area contributed by atoms with Crippen molar-refractivity contribution < 1.29 is 4.79 Å². The van der Waals surface area contributed by atoms with Crippen LogP contribution in [0.15, 0.2) is 18.3 Å². The van der Waals surface area contributed by atoms with Gasteiger partial charge in [-0.1, -0.05) is 13.8 Å². The summed E-state index contributed by atoms with van der Waals surface area (Å²) in [6, 6.07) is 4.23. The molecule has 4 nitrogen and oxygen atoms in total. The summed E-state index contributed by atoms with van der Waals surface area (Å²) in [6.07, 6.45) is 2.76. The molecule has 1 amide bonds. The van der Waals surface area contributed by atoms with Crippen LogP contribution >= 0.6 is 0 Å². The summed E-state index contributed by atoms with van der Waals surface area (Å²) in [5.74, 6) is 0.613. The fourth-order valence-electron chi connectivity index (χ4n) is 2.78. The number of likely N-dealkylation sites (tertiary alicyclic amines) is 1. The number of hydrogen-bond donors (Lipinski definition) is 1. The van der Waals surface area contributed by atoms with Gasteiger partial charge < -0.3 is 10.2 Å². The summed E-state index contributed by atoms with van der Waals surface area (Å²) in [4.78, 5) is 18.7. The number of piperidine rings is 1. The van der Waals surface area contributed by atoms with Crippen LogP contribution in [-0.4, -0.2) is 41.5 Å². The zero-order valence-corrected chi connectivity index (χ0v) is 12.0. The number of amides is 1. The minimum absolute atomic E-state index is 0.118. The van der Waals surface area contributed by atoms with Gasteiger partial charge in [0.2, 0.25) is 0 Å². The van der Waals surface area contributed by atoms with Gasteiger partial charge in [0, 0.05) is 31.0 Å². The van der Waals surface area contributed by atoms with Crippen molar-refractivity contribution in [3.05, 3.63) is 29.6 Å². The van der Waals surface area contributed by atoms with Crippen molar-refractivity contribution in [1.29, 1.82) is 0 Å². The molecule has 1 aliphatic rings. The van der Waals surface area contributed by atoms with Crippen molar-refractivity contribution in [2.45, 2.75) is 33.2 Å². The Balaban J connectivity index is 2.04. The molecule has 0 radical (unpaired) electrons. The highest BCUT2D eigenvalue weighted by atomic mass is 16.2. The van der Waals surface area contributed by atoms with Crippen LogP contribution in [0.3, 0.4) is 0 Å². The Hall–Kier alpha value is -1.42. The molecule has 19 heavy (non-hydrogen) atoms. The molecule has 1 N–H and O–H groups in total. The predicted molar refractivity (Wildman–Crippen MR) is 76.1 cm³/mol. The normalized spacial score (nSPS) is 23.4. The molecule has 2 atom stereocenters. The van der Waals surface area contributed by atoms with E-state index in [1.165, 1.54) is 0 Å². The molecule has 2 heterocycles. The molecule has 104 valence electrons. The van der Waals surface area contributed by atoms with Crippen molar-refractivity contribution in [3.8, 4) is 0 Å². The molecular weight excluding hydrogens is 238 g/mol. The van der Waals surface area contributed by atoms with E-state index in [1.54, 1.807) is 6.20 Å². The number of rotatable bonds is 3. The lowest BCUT2D eigenvalue weighted by molar-refractivity contribution is 0.0645. The Bertz CT molecular complexity index is 447. The first-order chi connectivity index (χ1) is 9.13. The van der Waals surface area contributed by atoms with E-state index in [9.17, 15) is 4.79 Å². The van der Waals surface area contributed by atoms with Crippen molar-refractivity contribution in [1.82, 2.24) is 15.2 Å². The van der Waals surface area contributed by atoms with Crippen LogP contribution in [0.25, 0.3) is 0 Å². The molecule has 0 aromatic carbocycles. The molecule has 0 bridgehead atoms. The molecule has 0 saturated carbocycles. The molecule has 4 heteroatoms. The third-order valence-corrected chi connectivity index (χ3v) is 3.90. The quantitative estimate of drug-likeness (QED) is 0.903. The zero-order valence-electron chi connectivity index (χ0n) is 12.0. The lowest BCUT2D eigenvalue weighted by atomic mass is 9.93. The highest BCUT2D eigenvalue weighted by molar-refractivity contribution is 5.95. The van der Waals surface area contributed by atoms with Crippen LogP contribution in [0, 0.1) is 12.8 Å². The number of pyridine rings is 1. The summed E-state index contributed by atoms with van der Waals surface area (Å²) in [6.45, 7) is 8.87. The molecule has 1 aliphatic heterocycles. The second-order valence-corrected chi connectivity index (χ2v) is 5.32. The van der Waals surface area contributed by atoms with Gasteiger partial charge in [-0.05, 0) is 37.9 Å². The van der Waals surface area contributed by atoms with E-state index in [-0.39, 0.29) is 5.91 Å². The molecule has 0 aliphatic carbocycles. The average molecular weight is 261 g/mol. The van der Waals surface area contributed by atoms with Gasteiger partial charge in [-0.15, -0.1) is 0 Å². The molecule has 2 unspecified atom stereocenters. The number of carbonyl (C=O) groups is 1. The van der Waals surface area contributed by atoms with E-state index in [4.69, 9.17) is 0 Å². The summed E-state index contributed by atoms with van der Waals surface area (Å²) >= 11 is 0. The van der Waals surface area contributed by atoms with E-state index < -0.39 is 0 Å². The molecule has 1 fully saturated rings. The van der Waals surface area contributed by atoms with Gasteiger partial charge in [0.05, 0.1) is 5.56 Å². The van der Waals surface area contributed by atoms with Crippen LogP contribution in [0.1, 0.15) is 36.3 Å². The van der Waals surface area contributed by atoms with Crippen molar-refractivity contribution >= 4 is 5.91 Å². The van der Waals surface area contributed by atoms with Gasteiger partial charge in [0.15, 0.2) is 0 Å². The van der Waals surface area contributed by atoms with Gasteiger partial charge in [0.25, 0.3) is 5.91 Å². The minimum Gasteiger partial charge on any atom is -0.338 e. The molecule has 1 saturated heterocycles. The highest BCUT2D eigenvalue weighted by Crippen LogP contribution is 2.19. The number of hydrogen-bond acceptors (Lipinski definition) is 3. The SMILES string of the molecule is CCNC1CCN(C(=O)c2cccnc2C)CC1C. The lowest BCUT2D eigenvalue weighted by Gasteiger charge is -2.37. The highest BCUT2D eigenvalue weighted by Gasteiger charge is 2.29. The first-order valence-corrected chi connectivity index (χ1v) is 7.07. The topological polar surface area (TPSA) is 45.2 Å². The maximum absolute atomic E-state index is 12.5. The number of aromatic nitrogens is 1. The van der Waals surface area contributed by atoms with Crippen LogP contribution in [-0.2, 0) is 0 Å². The Morgan fingerprint density at radius 3 is 3.00 bits per heavy atom. The van der Waals surface area contributed by atoms with Gasteiger partial charge in [-0.25, -0.2) is 0 Å². The Kier molecular flexibility index (Phi) is 4.53. The zero-order chi connectivity index (χ0) is 13.8. The number of aryl methyl sites for hydroxylation is 1. The average Bonchev–Trinajstić information content (AvgIpc) is 2.41. The second kappa shape index (κ2) is 6.15. The summed E-state index contributed by atoms with van der Waals surface area (Å²) in [5, 5.41) is 3.49. The molecule has 0 spiro atoms. The number of nitrogens with zero attached hydrogens (tertiary/aromatic N) is 2. The summed E-state index contributed by atoms with van der Waals surface area (Å²) in [5.41, 5.74) is 1.55. The smallest absolute Gasteiger partial charge is 0.255 e. The summed E-state index contributed by atoms with van der Waals surface area (Å²) in [7, 11) is 0. The third-order valence-electron chi connectivity index (χ3n) is 3.90. The van der Waals surface area contributed by atoms with E-state index in [1.807, 2.05) is 24.0 Å². The van der Waals surface area contributed by atoms with Gasteiger partial charge >= 0.3 is 0 Å². The van der Waals surface area contributed by atoms with E-state index in [0.29, 0.717) is 12.0 Å². The standard InChI is InChI=1S/C15H23N3O/c1-4-16-14-7-9-18(10-11(14)2)15(19)13-6-5-8-17-12(13)3/h5-6,8,11,14,16H,4,7,9-10H2,1-3H3. The number of nitrogens with one attached hydrogen (secondary N) is 1. The minimum atomic E-state index is 0.118. The maximum atomic E-state index is 12.5. The molecule has 2 rings (SSSR count). The predicted octanol–water partition coefficient (Wildman–Crippen LogP) is 1.85. The fraction of sp³-hybridized carbons (Fsp3) is 0.600. The van der Waals surface area contributed by atoms with Gasteiger partial charge in [-0.2, -0.15) is 0 Å². The maximum Gasteiger partial charge on any atom is 0.255 e. The van der Waals surface area contributed by atoms with Gasteiger partial charge in [-0.3, -0.25) is 9.78 Å². The van der Waals surface area contributed by atoms with Crippen LogP contribution in [0.5, 0.6) is 0 Å².